The molecule has 2 aromatic rings. The molecule has 0 aliphatic carbocycles. The van der Waals surface area contributed by atoms with Crippen LogP contribution in [-0.4, -0.2) is 22.0 Å². The number of nitrogens with zero attached hydrogens (tertiary/aromatic N) is 1. The van der Waals surface area contributed by atoms with Gasteiger partial charge in [0.15, 0.2) is 6.04 Å². The summed E-state index contributed by atoms with van der Waals surface area (Å²) in [5.41, 5.74) is 1.28. The average Bonchev–Trinajstić information content (AvgIpc) is 2.52. The van der Waals surface area contributed by atoms with Gasteiger partial charge in [-0.3, -0.25) is 9.78 Å². The smallest absolute Gasteiger partial charge is 0.330 e. The van der Waals surface area contributed by atoms with Crippen molar-refractivity contribution in [3.63, 3.8) is 0 Å². The summed E-state index contributed by atoms with van der Waals surface area (Å²) in [6.07, 6.45) is 6.10. The first kappa shape index (κ1) is 14.5. The highest BCUT2D eigenvalue weighted by Crippen LogP contribution is 2.12. The summed E-state index contributed by atoms with van der Waals surface area (Å²) in [7, 11) is 0. The highest BCUT2D eigenvalue weighted by molar-refractivity contribution is 5.94. The van der Waals surface area contributed by atoms with Crippen molar-refractivity contribution in [2.45, 2.75) is 6.04 Å². The van der Waals surface area contributed by atoms with Crippen molar-refractivity contribution < 1.29 is 14.7 Å². The molecule has 1 aromatic heterocycles. The van der Waals surface area contributed by atoms with Gasteiger partial charge in [0.25, 0.3) is 0 Å². The fraction of sp³-hybridized carbons (Fsp3) is 0.0625. The Balaban J connectivity index is 2.06. The van der Waals surface area contributed by atoms with Crippen LogP contribution in [0.2, 0.25) is 0 Å². The van der Waals surface area contributed by atoms with Crippen LogP contribution < -0.4 is 5.32 Å². The van der Waals surface area contributed by atoms with Crippen LogP contribution in [0.3, 0.4) is 0 Å². The lowest BCUT2D eigenvalue weighted by Gasteiger charge is -2.13. The third-order valence-electron chi connectivity index (χ3n) is 2.78. The Hall–Kier alpha value is -2.95. The van der Waals surface area contributed by atoms with Crippen molar-refractivity contribution in [3.05, 3.63) is 72.1 Å². The lowest BCUT2D eigenvalue weighted by molar-refractivity contribution is -0.141. The maximum Gasteiger partial charge on any atom is 0.330 e. The molecule has 2 N–H and O–H groups in total. The minimum Gasteiger partial charge on any atom is -0.479 e. The first-order chi connectivity index (χ1) is 10.2. The van der Waals surface area contributed by atoms with Gasteiger partial charge in [-0.05, 0) is 23.3 Å². The molecule has 1 atom stereocenters. The second-order valence-corrected chi connectivity index (χ2v) is 4.31. The van der Waals surface area contributed by atoms with Crippen LogP contribution in [0, 0.1) is 0 Å². The number of aromatic nitrogens is 1. The zero-order chi connectivity index (χ0) is 15.1. The number of carbonyl (C=O) groups excluding carboxylic acids is 1. The topological polar surface area (TPSA) is 79.3 Å². The minimum absolute atomic E-state index is 0.477. The molecule has 0 radical (unpaired) electrons. The maximum atomic E-state index is 11.8. The molecule has 21 heavy (non-hydrogen) atoms. The second-order valence-electron chi connectivity index (χ2n) is 4.31. The third kappa shape index (κ3) is 4.28. The Labute approximate surface area is 122 Å². The summed E-state index contributed by atoms with van der Waals surface area (Å²) in [4.78, 5) is 27.0. The number of benzene rings is 1. The summed E-state index contributed by atoms with van der Waals surface area (Å²) in [6, 6.07) is 11.0. The van der Waals surface area contributed by atoms with Gasteiger partial charge in [0.2, 0.25) is 5.91 Å². The van der Waals surface area contributed by atoms with Crippen molar-refractivity contribution in [3.8, 4) is 0 Å². The first-order valence-electron chi connectivity index (χ1n) is 6.33. The van der Waals surface area contributed by atoms with Crippen LogP contribution in [0.25, 0.3) is 6.08 Å². The number of carboxylic acids is 1. The van der Waals surface area contributed by atoms with Crippen LogP contribution in [0.15, 0.2) is 60.9 Å². The van der Waals surface area contributed by atoms with E-state index in [9.17, 15) is 14.7 Å². The average molecular weight is 282 g/mol. The highest BCUT2D eigenvalue weighted by Gasteiger charge is 2.20. The van der Waals surface area contributed by atoms with E-state index in [-0.39, 0.29) is 0 Å². The van der Waals surface area contributed by atoms with Gasteiger partial charge in [-0.15, -0.1) is 0 Å². The van der Waals surface area contributed by atoms with Gasteiger partial charge in [0.05, 0.1) is 0 Å². The molecule has 1 unspecified atom stereocenters. The van der Waals surface area contributed by atoms with Crippen molar-refractivity contribution in [2.75, 3.05) is 0 Å². The molecule has 0 saturated heterocycles. The number of rotatable bonds is 5. The van der Waals surface area contributed by atoms with Crippen LogP contribution in [0.4, 0.5) is 0 Å². The number of aliphatic carboxylic acids is 1. The molecule has 5 nitrogen and oxygen atoms in total. The van der Waals surface area contributed by atoms with E-state index in [4.69, 9.17) is 0 Å². The van der Waals surface area contributed by atoms with E-state index in [0.29, 0.717) is 5.56 Å². The van der Waals surface area contributed by atoms with Gasteiger partial charge in [-0.25, -0.2) is 4.79 Å². The van der Waals surface area contributed by atoms with Gasteiger partial charge in [-0.1, -0.05) is 36.4 Å². The molecule has 0 fully saturated rings. The summed E-state index contributed by atoms with van der Waals surface area (Å²) < 4.78 is 0. The third-order valence-corrected chi connectivity index (χ3v) is 2.78. The van der Waals surface area contributed by atoms with E-state index in [2.05, 4.69) is 10.3 Å². The molecule has 1 heterocycles. The molecular formula is C16H14N2O3. The fourth-order valence-corrected chi connectivity index (χ4v) is 1.77. The monoisotopic (exact) mass is 282 g/mol. The number of hydrogen-bond donors (Lipinski definition) is 2. The highest BCUT2D eigenvalue weighted by atomic mass is 16.4. The summed E-state index contributed by atoms with van der Waals surface area (Å²) >= 11 is 0. The molecule has 0 aliphatic rings. The number of pyridine rings is 1. The molecule has 0 saturated carbocycles. The van der Waals surface area contributed by atoms with E-state index in [0.717, 1.165) is 5.56 Å². The van der Waals surface area contributed by atoms with Crippen molar-refractivity contribution in [2.24, 2.45) is 0 Å². The molecule has 1 aromatic carbocycles. The second kappa shape index (κ2) is 7.00. The molecule has 5 heteroatoms. The fourth-order valence-electron chi connectivity index (χ4n) is 1.77. The van der Waals surface area contributed by atoms with Crippen molar-refractivity contribution in [1.82, 2.24) is 10.3 Å². The van der Waals surface area contributed by atoms with E-state index >= 15 is 0 Å². The molecule has 0 aliphatic heterocycles. The standard InChI is InChI=1S/C16H14N2O3/c19-14(9-8-12-5-4-10-17-11-12)18-15(16(20)21)13-6-2-1-3-7-13/h1-11,15H,(H,18,19)(H,20,21)/b9-8+. The van der Waals surface area contributed by atoms with Gasteiger partial charge >= 0.3 is 5.97 Å². The molecule has 0 bridgehead atoms. The Bertz CT molecular complexity index is 639. The minimum atomic E-state index is -1.11. The van der Waals surface area contributed by atoms with Crippen LogP contribution in [0.1, 0.15) is 17.2 Å². The molecule has 2 rings (SSSR count). The lowest BCUT2D eigenvalue weighted by atomic mass is 10.1. The lowest BCUT2D eigenvalue weighted by Crippen LogP contribution is -2.32. The summed E-state index contributed by atoms with van der Waals surface area (Å²) in [5.74, 6) is -1.58. The molecule has 106 valence electrons. The number of carbonyl (C=O) groups is 2. The zero-order valence-electron chi connectivity index (χ0n) is 11.1. The van der Waals surface area contributed by atoms with Crippen molar-refractivity contribution >= 4 is 18.0 Å². The summed E-state index contributed by atoms with van der Waals surface area (Å²) in [5, 5.41) is 11.7. The van der Waals surface area contributed by atoms with E-state index in [1.165, 1.54) is 6.08 Å². The Morgan fingerprint density at radius 3 is 2.52 bits per heavy atom. The normalized spacial score (nSPS) is 12.0. The number of amides is 1. The van der Waals surface area contributed by atoms with E-state index in [1.54, 1.807) is 60.9 Å². The zero-order valence-corrected chi connectivity index (χ0v) is 11.1. The Morgan fingerprint density at radius 2 is 1.90 bits per heavy atom. The van der Waals surface area contributed by atoms with E-state index in [1.807, 2.05) is 0 Å². The van der Waals surface area contributed by atoms with Gasteiger partial charge < -0.3 is 10.4 Å². The number of hydrogen-bond acceptors (Lipinski definition) is 3. The Kier molecular flexibility index (Phi) is 4.82. The largest absolute Gasteiger partial charge is 0.479 e. The van der Waals surface area contributed by atoms with Crippen LogP contribution >= 0.6 is 0 Å². The predicted molar refractivity (Wildman–Crippen MR) is 78.2 cm³/mol. The van der Waals surface area contributed by atoms with Gasteiger partial charge in [0.1, 0.15) is 0 Å². The van der Waals surface area contributed by atoms with E-state index < -0.39 is 17.9 Å². The van der Waals surface area contributed by atoms with Crippen LogP contribution in [-0.2, 0) is 9.59 Å². The molecule has 0 spiro atoms. The van der Waals surface area contributed by atoms with Gasteiger partial charge in [0, 0.05) is 18.5 Å². The number of nitrogens with one attached hydrogen (secondary N) is 1. The first-order valence-corrected chi connectivity index (χ1v) is 6.33. The molecular weight excluding hydrogens is 268 g/mol. The Morgan fingerprint density at radius 1 is 1.14 bits per heavy atom. The molecule has 1 amide bonds. The SMILES string of the molecule is O=C(/C=C/c1cccnc1)NC(C(=O)O)c1ccccc1. The number of carboxylic acid groups (broad SMARTS) is 1. The predicted octanol–water partition coefficient (Wildman–Crippen LogP) is 2.04. The van der Waals surface area contributed by atoms with Crippen LogP contribution in [0.5, 0.6) is 0 Å². The maximum absolute atomic E-state index is 11.8. The van der Waals surface area contributed by atoms with Gasteiger partial charge in [-0.2, -0.15) is 0 Å². The summed E-state index contributed by atoms with van der Waals surface area (Å²) in [6.45, 7) is 0. The van der Waals surface area contributed by atoms with Crippen molar-refractivity contribution in [1.29, 1.82) is 0 Å². The quantitative estimate of drug-likeness (QED) is 0.822.